The van der Waals surface area contributed by atoms with Crippen molar-refractivity contribution in [3.05, 3.63) is 0 Å². The van der Waals surface area contributed by atoms with Crippen molar-refractivity contribution in [2.75, 3.05) is 0 Å². The second-order valence-corrected chi connectivity index (χ2v) is 5.69. The number of carbonyl (C=O) groups excluding carboxylic acids is 1. The highest BCUT2D eigenvalue weighted by Gasteiger charge is 2.33. The maximum Gasteiger partial charge on any atom is 0.120 e. The maximum absolute atomic E-state index is 10.5. The summed E-state index contributed by atoms with van der Waals surface area (Å²) in [7, 11) is 0. The Morgan fingerprint density at radius 1 is 1.00 bits per heavy atom. The minimum absolute atomic E-state index is 0.221. The van der Waals surface area contributed by atoms with E-state index in [-0.39, 0.29) is 10.8 Å². The van der Waals surface area contributed by atoms with Crippen LogP contribution < -0.4 is 0 Å². The Bertz CT molecular complexity index is 131. The summed E-state index contributed by atoms with van der Waals surface area (Å²) in [4.78, 5) is 10.5. The van der Waals surface area contributed by atoms with Crippen LogP contribution in [0.2, 0.25) is 0 Å². The highest BCUT2D eigenvalue weighted by atomic mass is 16.1. The van der Waals surface area contributed by atoms with E-state index in [2.05, 4.69) is 41.5 Å². The fourth-order valence-electron chi connectivity index (χ4n) is 2.10. The molecule has 0 aromatic heterocycles. The smallest absolute Gasteiger partial charge is 0.120 e. The number of carbonyl (C=O) groups is 1. The predicted molar refractivity (Wildman–Crippen MR) is 53.1 cm³/mol. The van der Waals surface area contributed by atoms with Crippen LogP contribution in [0.3, 0.4) is 0 Å². The number of aldehydes is 1. The number of rotatable bonds is 2. The molecule has 0 N–H and O–H groups in total. The molecule has 0 aliphatic carbocycles. The summed E-state index contributed by atoms with van der Waals surface area (Å²) in [6.45, 7) is 13.2. The van der Waals surface area contributed by atoms with Crippen molar-refractivity contribution < 1.29 is 4.79 Å². The molecule has 0 saturated carbocycles. The molecule has 0 bridgehead atoms. The van der Waals surface area contributed by atoms with Gasteiger partial charge in [-0.1, -0.05) is 41.5 Å². The lowest BCUT2D eigenvalue weighted by Crippen LogP contribution is -2.32. The van der Waals surface area contributed by atoms with E-state index in [0.29, 0.717) is 12.3 Å². The zero-order valence-electron chi connectivity index (χ0n) is 9.27. The van der Waals surface area contributed by atoms with E-state index in [0.717, 1.165) is 6.29 Å². The minimum atomic E-state index is 0.221. The Morgan fingerprint density at radius 2 is 1.33 bits per heavy atom. The first-order valence-corrected chi connectivity index (χ1v) is 4.63. The van der Waals surface area contributed by atoms with Crippen molar-refractivity contribution in [1.82, 2.24) is 0 Å². The van der Waals surface area contributed by atoms with Gasteiger partial charge in [-0.15, -0.1) is 0 Å². The van der Waals surface area contributed by atoms with Crippen molar-refractivity contribution >= 4 is 6.29 Å². The Balaban J connectivity index is 4.56. The van der Waals surface area contributed by atoms with E-state index in [4.69, 9.17) is 0 Å². The Morgan fingerprint density at radius 3 is 1.42 bits per heavy atom. The van der Waals surface area contributed by atoms with E-state index in [1.54, 1.807) is 0 Å². The van der Waals surface area contributed by atoms with Gasteiger partial charge in [0, 0.05) is 6.42 Å². The van der Waals surface area contributed by atoms with E-state index in [1.807, 2.05) is 0 Å². The molecule has 0 unspecified atom stereocenters. The fourth-order valence-corrected chi connectivity index (χ4v) is 2.10. The van der Waals surface area contributed by atoms with E-state index in [9.17, 15) is 4.79 Å². The molecule has 1 nitrogen and oxygen atoms in total. The third-order valence-corrected chi connectivity index (χ3v) is 2.42. The van der Waals surface area contributed by atoms with E-state index in [1.165, 1.54) is 0 Å². The molecule has 0 spiro atoms. The molecule has 0 rings (SSSR count). The standard InChI is InChI=1S/C11H22O/c1-10(2,3)9(7-8-12)11(4,5)6/h8-9H,7H2,1-6H3. The topological polar surface area (TPSA) is 17.1 Å². The van der Waals surface area contributed by atoms with Gasteiger partial charge >= 0.3 is 0 Å². The summed E-state index contributed by atoms with van der Waals surface area (Å²) < 4.78 is 0. The van der Waals surface area contributed by atoms with Crippen molar-refractivity contribution in [3.63, 3.8) is 0 Å². The molecule has 0 aliphatic rings. The van der Waals surface area contributed by atoms with Crippen LogP contribution in [0.4, 0.5) is 0 Å². The van der Waals surface area contributed by atoms with Gasteiger partial charge < -0.3 is 4.79 Å². The molecule has 0 aliphatic heterocycles. The van der Waals surface area contributed by atoms with Crippen LogP contribution in [0.1, 0.15) is 48.0 Å². The SMILES string of the molecule is CC(C)(C)C(CC=O)C(C)(C)C. The highest BCUT2D eigenvalue weighted by Crippen LogP contribution is 2.41. The van der Waals surface area contributed by atoms with Gasteiger partial charge in [-0.3, -0.25) is 0 Å². The summed E-state index contributed by atoms with van der Waals surface area (Å²) in [5, 5.41) is 0. The fraction of sp³-hybridized carbons (Fsp3) is 0.909. The number of hydrogen-bond donors (Lipinski definition) is 0. The molecule has 0 aromatic carbocycles. The van der Waals surface area contributed by atoms with Crippen LogP contribution in [-0.4, -0.2) is 6.29 Å². The third kappa shape index (κ3) is 3.38. The van der Waals surface area contributed by atoms with Gasteiger partial charge in [-0.2, -0.15) is 0 Å². The molecule has 12 heavy (non-hydrogen) atoms. The van der Waals surface area contributed by atoms with Crippen LogP contribution in [-0.2, 0) is 4.79 Å². The van der Waals surface area contributed by atoms with Gasteiger partial charge in [-0.25, -0.2) is 0 Å². The predicted octanol–water partition coefficient (Wildman–Crippen LogP) is 3.28. The summed E-state index contributed by atoms with van der Waals surface area (Å²) in [5.74, 6) is 0.461. The molecule has 0 radical (unpaired) electrons. The molecule has 1 heteroatoms. The van der Waals surface area contributed by atoms with E-state index >= 15 is 0 Å². The second kappa shape index (κ2) is 3.59. The highest BCUT2D eigenvalue weighted by molar-refractivity contribution is 5.50. The molecular formula is C11H22O. The largest absolute Gasteiger partial charge is 0.303 e. The Hall–Kier alpha value is -0.330. The lowest BCUT2D eigenvalue weighted by Gasteiger charge is -2.39. The zero-order valence-corrected chi connectivity index (χ0v) is 9.27. The lowest BCUT2D eigenvalue weighted by atomic mass is 9.65. The maximum atomic E-state index is 10.5. The average Bonchev–Trinajstić information content (AvgIpc) is 1.77. The first-order valence-electron chi connectivity index (χ1n) is 4.63. The molecule has 0 atom stereocenters. The molecule has 0 amide bonds. The van der Waals surface area contributed by atoms with Crippen LogP contribution in [0, 0.1) is 16.7 Å². The van der Waals surface area contributed by atoms with E-state index < -0.39 is 0 Å². The molecular weight excluding hydrogens is 148 g/mol. The van der Waals surface area contributed by atoms with Gasteiger partial charge in [0.2, 0.25) is 0 Å². The molecule has 0 fully saturated rings. The van der Waals surface area contributed by atoms with Crippen molar-refractivity contribution in [2.24, 2.45) is 16.7 Å². The summed E-state index contributed by atoms with van der Waals surface area (Å²) in [6.07, 6.45) is 1.72. The summed E-state index contributed by atoms with van der Waals surface area (Å²) in [6, 6.07) is 0. The van der Waals surface area contributed by atoms with Crippen LogP contribution in [0.5, 0.6) is 0 Å². The molecule has 0 saturated heterocycles. The van der Waals surface area contributed by atoms with Crippen molar-refractivity contribution in [2.45, 2.75) is 48.0 Å². The number of hydrogen-bond acceptors (Lipinski definition) is 1. The first-order chi connectivity index (χ1) is 5.19. The van der Waals surface area contributed by atoms with Crippen LogP contribution >= 0.6 is 0 Å². The minimum Gasteiger partial charge on any atom is -0.303 e. The lowest BCUT2D eigenvalue weighted by molar-refractivity contribution is -0.110. The van der Waals surface area contributed by atoms with Gasteiger partial charge in [0.1, 0.15) is 6.29 Å². The van der Waals surface area contributed by atoms with Crippen molar-refractivity contribution in [3.8, 4) is 0 Å². The first kappa shape index (κ1) is 11.7. The third-order valence-electron chi connectivity index (χ3n) is 2.42. The molecule has 0 aromatic rings. The van der Waals surface area contributed by atoms with Crippen molar-refractivity contribution in [1.29, 1.82) is 0 Å². The van der Waals surface area contributed by atoms with Gasteiger partial charge in [0.15, 0.2) is 0 Å². The normalized spacial score (nSPS) is 13.6. The van der Waals surface area contributed by atoms with Crippen LogP contribution in [0.25, 0.3) is 0 Å². The monoisotopic (exact) mass is 170 g/mol. The Kier molecular flexibility index (Phi) is 3.49. The zero-order chi connectivity index (χ0) is 9.99. The second-order valence-electron chi connectivity index (χ2n) is 5.69. The molecule has 72 valence electrons. The Labute approximate surface area is 76.6 Å². The van der Waals surface area contributed by atoms with Gasteiger partial charge in [0.05, 0.1) is 0 Å². The van der Waals surface area contributed by atoms with Gasteiger partial charge in [0.25, 0.3) is 0 Å². The summed E-state index contributed by atoms with van der Waals surface area (Å²) >= 11 is 0. The van der Waals surface area contributed by atoms with Crippen LogP contribution in [0.15, 0.2) is 0 Å². The molecule has 0 heterocycles. The van der Waals surface area contributed by atoms with Gasteiger partial charge in [-0.05, 0) is 16.7 Å². The average molecular weight is 170 g/mol. The summed E-state index contributed by atoms with van der Waals surface area (Å²) in [5.41, 5.74) is 0.443. The quantitative estimate of drug-likeness (QED) is 0.581.